The maximum absolute atomic E-state index is 5.30. The summed E-state index contributed by atoms with van der Waals surface area (Å²) >= 11 is 0. The molecule has 13 heavy (non-hydrogen) atoms. The molecular weight excluding hydrogens is 164 g/mol. The molecule has 1 aromatic rings. The number of aromatic nitrogens is 1. The first kappa shape index (κ1) is 9.56. The number of pyridine rings is 1. The minimum absolute atomic E-state index is 0.580. The van der Waals surface area contributed by atoms with Gasteiger partial charge in [0.25, 0.3) is 0 Å². The minimum Gasteiger partial charge on any atom is -0.481 e. The summed E-state index contributed by atoms with van der Waals surface area (Å²) in [6, 6.07) is 5.48. The summed E-state index contributed by atoms with van der Waals surface area (Å²) in [7, 11) is 1.58. The average Bonchev–Trinajstić information content (AvgIpc) is 2.19. The van der Waals surface area contributed by atoms with Crippen LogP contribution in [0, 0.1) is 11.8 Å². The molecule has 0 aliphatic rings. The highest BCUT2D eigenvalue weighted by molar-refractivity contribution is 5.30. The van der Waals surface area contributed by atoms with E-state index in [0.717, 1.165) is 0 Å². The normalized spacial score (nSPS) is 8.77. The van der Waals surface area contributed by atoms with E-state index in [-0.39, 0.29) is 0 Å². The van der Waals surface area contributed by atoms with Crippen LogP contribution < -0.4 is 10.5 Å². The van der Waals surface area contributed by atoms with Crippen molar-refractivity contribution in [3.05, 3.63) is 23.9 Å². The van der Waals surface area contributed by atoms with Crippen molar-refractivity contribution in [2.24, 2.45) is 5.73 Å². The summed E-state index contributed by atoms with van der Waals surface area (Å²) in [6.45, 7) is 0.580. The van der Waals surface area contributed by atoms with Crippen LogP contribution >= 0.6 is 0 Å². The fourth-order valence-corrected chi connectivity index (χ4v) is 0.823. The zero-order valence-electron chi connectivity index (χ0n) is 7.58. The van der Waals surface area contributed by atoms with E-state index >= 15 is 0 Å². The zero-order valence-corrected chi connectivity index (χ0v) is 7.58. The van der Waals surface area contributed by atoms with E-state index in [2.05, 4.69) is 16.8 Å². The Bertz CT molecular complexity index is 325. The van der Waals surface area contributed by atoms with Gasteiger partial charge in [0, 0.05) is 19.0 Å². The Morgan fingerprint density at radius 3 is 3.08 bits per heavy atom. The maximum Gasteiger partial charge on any atom is 0.214 e. The van der Waals surface area contributed by atoms with Gasteiger partial charge >= 0.3 is 0 Å². The van der Waals surface area contributed by atoms with E-state index in [1.807, 2.05) is 12.1 Å². The predicted molar refractivity (Wildman–Crippen MR) is 51.3 cm³/mol. The number of hydrogen-bond acceptors (Lipinski definition) is 3. The van der Waals surface area contributed by atoms with Gasteiger partial charge in [-0.05, 0) is 12.0 Å². The smallest absolute Gasteiger partial charge is 0.214 e. The summed E-state index contributed by atoms with van der Waals surface area (Å²) in [4.78, 5) is 4.13. The molecule has 3 nitrogen and oxygen atoms in total. The van der Waals surface area contributed by atoms with Crippen LogP contribution in [0.1, 0.15) is 12.1 Å². The summed E-state index contributed by atoms with van der Waals surface area (Å²) in [5.41, 5.74) is 6.02. The van der Waals surface area contributed by atoms with E-state index in [0.29, 0.717) is 24.5 Å². The summed E-state index contributed by atoms with van der Waals surface area (Å²) in [5.74, 6) is 6.39. The molecule has 1 heterocycles. The summed E-state index contributed by atoms with van der Waals surface area (Å²) in [6.07, 6.45) is 0.693. The van der Waals surface area contributed by atoms with Crippen molar-refractivity contribution in [1.82, 2.24) is 4.98 Å². The van der Waals surface area contributed by atoms with Crippen LogP contribution in [0.2, 0.25) is 0 Å². The van der Waals surface area contributed by atoms with E-state index in [1.54, 1.807) is 13.2 Å². The molecule has 68 valence electrons. The van der Waals surface area contributed by atoms with Crippen LogP contribution in [0.3, 0.4) is 0 Å². The molecule has 0 aliphatic carbocycles. The monoisotopic (exact) mass is 176 g/mol. The third-order valence-corrected chi connectivity index (χ3v) is 1.42. The molecule has 1 aromatic heterocycles. The molecule has 2 N–H and O–H groups in total. The minimum atomic E-state index is 0.580. The second-order valence-corrected chi connectivity index (χ2v) is 2.41. The Morgan fingerprint density at radius 2 is 2.38 bits per heavy atom. The molecule has 0 fully saturated rings. The zero-order chi connectivity index (χ0) is 9.52. The number of rotatable bonds is 2. The fourth-order valence-electron chi connectivity index (χ4n) is 0.823. The lowest BCUT2D eigenvalue weighted by Crippen LogP contribution is -1.95. The van der Waals surface area contributed by atoms with E-state index in [9.17, 15) is 0 Å². The number of nitrogens with zero attached hydrogens (tertiary/aromatic N) is 1. The molecule has 0 amide bonds. The maximum atomic E-state index is 5.30. The van der Waals surface area contributed by atoms with Crippen molar-refractivity contribution >= 4 is 0 Å². The van der Waals surface area contributed by atoms with E-state index in [1.165, 1.54) is 0 Å². The standard InChI is InChI=1S/C10H12N2O/c1-13-10-7-4-6-9(12-10)5-2-3-8-11/h4,6-7H,3,8,11H2,1H3. The van der Waals surface area contributed by atoms with Crippen molar-refractivity contribution < 1.29 is 4.74 Å². The second kappa shape index (κ2) is 5.18. The summed E-state index contributed by atoms with van der Waals surface area (Å²) < 4.78 is 4.96. The van der Waals surface area contributed by atoms with Gasteiger partial charge < -0.3 is 10.5 Å². The first-order valence-electron chi connectivity index (χ1n) is 4.07. The number of nitrogens with two attached hydrogens (primary N) is 1. The topological polar surface area (TPSA) is 48.1 Å². The highest BCUT2D eigenvalue weighted by atomic mass is 16.5. The lowest BCUT2D eigenvalue weighted by Gasteiger charge is -1.96. The molecule has 0 saturated heterocycles. The molecule has 0 atom stereocenters. The van der Waals surface area contributed by atoms with Gasteiger partial charge in [0.2, 0.25) is 5.88 Å². The van der Waals surface area contributed by atoms with Crippen LogP contribution in [-0.4, -0.2) is 18.6 Å². The van der Waals surface area contributed by atoms with Gasteiger partial charge in [-0.1, -0.05) is 12.0 Å². The predicted octanol–water partition coefficient (Wildman–Crippen LogP) is 0.790. The molecule has 1 rings (SSSR count). The van der Waals surface area contributed by atoms with Gasteiger partial charge in [-0.25, -0.2) is 4.98 Å². The molecule has 0 unspecified atom stereocenters. The number of hydrogen-bond donors (Lipinski definition) is 1. The quantitative estimate of drug-likeness (QED) is 0.678. The van der Waals surface area contributed by atoms with Gasteiger partial charge in [0.1, 0.15) is 5.69 Å². The van der Waals surface area contributed by atoms with Crippen LogP contribution in [-0.2, 0) is 0 Å². The van der Waals surface area contributed by atoms with Gasteiger partial charge in [-0.3, -0.25) is 0 Å². The van der Waals surface area contributed by atoms with Crippen molar-refractivity contribution in [2.45, 2.75) is 6.42 Å². The summed E-state index contributed by atoms with van der Waals surface area (Å²) in [5, 5.41) is 0. The van der Waals surface area contributed by atoms with Crippen molar-refractivity contribution in [2.75, 3.05) is 13.7 Å². The van der Waals surface area contributed by atoms with Gasteiger partial charge in [0.05, 0.1) is 7.11 Å². The van der Waals surface area contributed by atoms with Gasteiger partial charge in [-0.15, -0.1) is 0 Å². The highest BCUT2D eigenvalue weighted by Crippen LogP contribution is 2.04. The third kappa shape index (κ3) is 3.14. The Hall–Kier alpha value is -1.53. The van der Waals surface area contributed by atoms with E-state index in [4.69, 9.17) is 10.5 Å². The lowest BCUT2D eigenvalue weighted by atomic mass is 10.3. The molecule has 3 heteroatoms. The largest absolute Gasteiger partial charge is 0.481 e. The average molecular weight is 176 g/mol. The van der Waals surface area contributed by atoms with Crippen molar-refractivity contribution in [3.63, 3.8) is 0 Å². The molecule has 0 bridgehead atoms. The van der Waals surface area contributed by atoms with Crippen LogP contribution in [0.5, 0.6) is 5.88 Å². The second-order valence-electron chi connectivity index (χ2n) is 2.41. The number of methoxy groups -OCH3 is 1. The third-order valence-electron chi connectivity index (χ3n) is 1.42. The fraction of sp³-hybridized carbons (Fsp3) is 0.300. The molecule has 0 aromatic carbocycles. The molecular formula is C10H12N2O. The highest BCUT2D eigenvalue weighted by Gasteiger charge is 1.91. The Balaban J connectivity index is 2.73. The van der Waals surface area contributed by atoms with Crippen LogP contribution in [0.25, 0.3) is 0 Å². The SMILES string of the molecule is COc1cccc(C#CCCN)n1. The van der Waals surface area contributed by atoms with E-state index < -0.39 is 0 Å². The Labute approximate surface area is 77.9 Å². The number of ether oxygens (including phenoxy) is 1. The van der Waals surface area contributed by atoms with Crippen LogP contribution in [0.15, 0.2) is 18.2 Å². The van der Waals surface area contributed by atoms with Crippen molar-refractivity contribution in [1.29, 1.82) is 0 Å². The first-order valence-corrected chi connectivity index (χ1v) is 4.07. The Morgan fingerprint density at radius 1 is 1.54 bits per heavy atom. The Kier molecular flexibility index (Phi) is 3.80. The van der Waals surface area contributed by atoms with Crippen LogP contribution in [0.4, 0.5) is 0 Å². The lowest BCUT2D eigenvalue weighted by molar-refractivity contribution is 0.397. The van der Waals surface area contributed by atoms with Gasteiger partial charge in [-0.2, -0.15) is 0 Å². The first-order chi connectivity index (χ1) is 6.36. The van der Waals surface area contributed by atoms with Gasteiger partial charge in [0.15, 0.2) is 0 Å². The molecule has 0 saturated carbocycles. The van der Waals surface area contributed by atoms with Crippen molar-refractivity contribution in [3.8, 4) is 17.7 Å². The molecule has 0 radical (unpaired) electrons. The molecule has 0 aliphatic heterocycles. The molecule has 0 spiro atoms.